The van der Waals surface area contributed by atoms with E-state index in [0.717, 1.165) is 49.1 Å². The highest BCUT2D eigenvalue weighted by molar-refractivity contribution is 6.41. The number of hydrogen-bond donors (Lipinski definition) is 2. The molecule has 1 fully saturated rings. The summed E-state index contributed by atoms with van der Waals surface area (Å²) in [5.41, 5.74) is 8.68. The molecular formula is C21H29N3O2. The fraction of sp³-hybridized carbons (Fsp3) is 0.619. The quantitative estimate of drug-likeness (QED) is 0.874. The van der Waals surface area contributed by atoms with Crippen molar-refractivity contribution in [2.45, 2.75) is 64.6 Å². The molecule has 0 amide bonds. The molecule has 1 heterocycles. The van der Waals surface area contributed by atoms with Gasteiger partial charge < -0.3 is 15.6 Å². The van der Waals surface area contributed by atoms with E-state index in [4.69, 9.17) is 20.5 Å². The predicted octanol–water partition coefficient (Wildman–Crippen LogP) is 3.18. The van der Waals surface area contributed by atoms with Gasteiger partial charge in [0.25, 0.3) is 0 Å². The molecule has 3 aliphatic rings. The average Bonchev–Trinajstić information content (AvgIpc) is 3.04. The Bertz CT molecular complexity index is 755. The Morgan fingerprint density at radius 2 is 2.00 bits per heavy atom. The highest BCUT2D eigenvalue weighted by Gasteiger charge is 2.60. The number of amidine groups is 1. The molecule has 140 valence electrons. The minimum Gasteiger partial charge on any atom is -0.493 e. The first-order valence-electron chi connectivity index (χ1n) is 9.72. The summed E-state index contributed by atoms with van der Waals surface area (Å²) < 4.78 is 5.97. The second-order valence-electron chi connectivity index (χ2n) is 8.58. The van der Waals surface area contributed by atoms with Crippen LogP contribution in [0.4, 0.5) is 0 Å². The summed E-state index contributed by atoms with van der Waals surface area (Å²) in [4.78, 5) is 9.96. The van der Waals surface area contributed by atoms with Gasteiger partial charge in [0.2, 0.25) is 0 Å². The molecule has 2 spiro atoms. The lowest BCUT2D eigenvalue weighted by molar-refractivity contribution is 0.0233. The number of rotatable bonds is 3. The van der Waals surface area contributed by atoms with E-state index < -0.39 is 5.66 Å². The molecule has 4 rings (SSSR count). The lowest BCUT2D eigenvalue weighted by atomic mass is 9.65. The van der Waals surface area contributed by atoms with Crippen LogP contribution in [0.1, 0.15) is 57.6 Å². The fourth-order valence-electron chi connectivity index (χ4n) is 4.78. The molecule has 1 aliphatic heterocycles. The summed E-state index contributed by atoms with van der Waals surface area (Å²) in [6.45, 7) is 6.92. The molecule has 5 heteroatoms. The molecule has 1 aromatic carbocycles. The maximum absolute atomic E-state index is 10.1. The number of hydrogen-bond acceptors (Lipinski definition) is 5. The summed E-state index contributed by atoms with van der Waals surface area (Å²) in [5, 5.41) is 10.1. The maximum atomic E-state index is 10.1. The lowest BCUT2D eigenvalue weighted by Gasteiger charge is -2.44. The first-order valence-corrected chi connectivity index (χ1v) is 9.72. The molecule has 1 atom stereocenters. The average molecular weight is 355 g/mol. The standard InChI is InChI=1S/C21H29N3O2/c1-13(2)12-26-17-5-4-15-11-20(8-6-16(25)7-9-20)21(18(15)10-17)23-14(3)19(22)24-21/h4-5,10,13,16,25H,6-9,11-12H2,1-3H3,(H2,22,24)/t16?,20?,21-/m0/s1. The van der Waals surface area contributed by atoms with Crippen LogP contribution < -0.4 is 10.5 Å². The molecule has 3 N–H and O–H groups in total. The molecule has 0 saturated heterocycles. The first kappa shape index (κ1) is 17.5. The van der Waals surface area contributed by atoms with Crippen LogP contribution in [0.2, 0.25) is 0 Å². The van der Waals surface area contributed by atoms with Crippen molar-refractivity contribution in [1.82, 2.24) is 0 Å². The van der Waals surface area contributed by atoms with Crippen molar-refractivity contribution in [3.05, 3.63) is 29.3 Å². The van der Waals surface area contributed by atoms with E-state index in [1.54, 1.807) is 0 Å². The maximum Gasteiger partial charge on any atom is 0.184 e. The third-order valence-corrected chi connectivity index (χ3v) is 6.20. The van der Waals surface area contributed by atoms with Crippen molar-refractivity contribution in [1.29, 1.82) is 0 Å². The summed E-state index contributed by atoms with van der Waals surface area (Å²) in [6.07, 6.45) is 4.16. The Morgan fingerprint density at radius 1 is 1.27 bits per heavy atom. The minimum absolute atomic E-state index is 0.0897. The topological polar surface area (TPSA) is 80.2 Å². The highest BCUT2D eigenvalue weighted by atomic mass is 16.5. The molecule has 5 nitrogen and oxygen atoms in total. The van der Waals surface area contributed by atoms with Gasteiger partial charge in [-0.2, -0.15) is 0 Å². The number of ether oxygens (including phenoxy) is 1. The van der Waals surface area contributed by atoms with E-state index in [-0.39, 0.29) is 11.5 Å². The number of nitrogens with two attached hydrogens (primary N) is 1. The van der Waals surface area contributed by atoms with Gasteiger partial charge in [-0.3, -0.25) is 4.99 Å². The van der Waals surface area contributed by atoms with E-state index in [2.05, 4.69) is 32.0 Å². The Kier molecular flexibility index (Phi) is 4.10. The molecule has 2 aliphatic carbocycles. The third-order valence-electron chi connectivity index (χ3n) is 6.20. The fourth-order valence-corrected chi connectivity index (χ4v) is 4.78. The van der Waals surface area contributed by atoms with Gasteiger partial charge in [0.05, 0.1) is 18.4 Å². The molecule has 1 aromatic rings. The number of aliphatic hydroxyl groups is 1. The molecule has 0 bridgehead atoms. The van der Waals surface area contributed by atoms with Crippen molar-refractivity contribution in [2.24, 2.45) is 27.1 Å². The lowest BCUT2D eigenvalue weighted by Crippen LogP contribution is -2.43. The van der Waals surface area contributed by atoms with E-state index in [9.17, 15) is 5.11 Å². The zero-order chi connectivity index (χ0) is 18.5. The molecule has 0 unspecified atom stereocenters. The third kappa shape index (κ3) is 2.56. The summed E-state index contributed by atoms with van der Waals surface area (Å²) in [6, 6.07) is 6.35. The molecule has 0 aromatic heterocycles. The van der Waals surface area contributed by atoms with Gasteiger partial charge in [0, 0.05) is 11.0 Å². The zero-order valence-corrected chi connectivity index (χ0v) is 16.0. The molecular weight excluding hydrogens is 326 g/mol. The Hall–Kier alpha value is -1.88. The van der Waals surface area contributed by atoms with Gasteiger partial charge in [-0.15, -0.1) is 0 Å². The zero-order valence-electron chi connectivity index (χ0n) is 16.0. The van der Waals surface area contributed by atoms with Crippen molar-refractivity contribution in [3.8, 4) is 5.75 Å². The minimum atomic E-state index is -0.645. The van der Waals surface area contributed by atoms with Crippen LogP contribution in [-0.2, 0) is 12.1 Å². The van der Waals surface area contributed by atoms with E-state index >= 15 is 0 Å². The highest BCUT2D eigenvalue weighted by Crippen LogP contribution is 2.61. The molecule has 0 radical (unpaired) electrons. The summed E-state index contributed by atoms with van der Waals surface area (Å²) >= 11 is 0. The number of aliphatic hydroxyl groups excluding tert-OH is 1. The molecule has 1 saturated carbocycles. The largest absolute Gasteiger partial charge is 0.493 e. The number of aliphatic imine (C=N–C) groups is 2. The van der Waals surface area contributed by atoms with Crippen molar-refractivity contribution in [2.75, 3.05) is 6.61 Å². The van der Waals surface area contributed by atoms with Crippen molar-refractivity contribution in [3.63, 3.8) is 0 Å². The van der Waals surface area contributed by atoms with E-state index in [0.29, 0.717) is 18.4 Å². The predicted molar refractivity (Wildman–Crippen MR) is 104 cm³/mol. The van der Waals surface area contributed by atoms with Gasteiger partial charge in [-0.05, 0) is 62.6 Å². The van der Waals surface area contributed by atoms with Gasteiger partial charge in [-0.1, -0.05) is 19.9 Å². The second kappa shape index (κ2) is 6.08. The van der Waals surface area contributed by atoms with Crippen LogP contribution in [0.15, 0.2) is 28.2 Å². The Labute approximate surface area is 155 Å². The van der Waals surface area contributed by atoms with Crippen molar-refractivity contribution < 1.29 is 9.84 Å². The van der Waals surface area contributed by atoms with Gasteiger partial charge in [-0.25, -0.2) is 4.99 Å². The monoisotopic (exact) mass is 355 g/mol. The van der Waals surface area contributed by atoms with Gasteiger partial charge >= 0.3 is 0 Å². The van der Waals surface area contributed by atoms with Crippen LogP contribution in [-0.4, -0.2) is 29.4 Å². The Morgan fingerprint density at radius 3 is 2.62 bits per heavy atom. The number of benzene rings is 1. The first-order chi connectivity index (χ1) is 12.4. The summed E-state index contributed by atoms with van der Waals surface area (Å²) in [7, 11) is 0. The van der Waals surface area contributed by atoms with Crippen molar-refractivity contribution >= 4 is 11.5 Å². The molecule has 26 heavy (non-hydrogen) atoms. The van der Waals surface area contributed by atoms with E-state index in [1.807, 2.05) is 6.92 Å². The van der Waals surface area contributed by atoms with Gasteiger partial charge in [0.15, 0.2) is 5.66 Å². The van der Waals surface area contributed by atoms with Crippen LogP contribution in [0, 0.1) is 11.3 Å². The number of nitrogens with zero attached hydrogens (tertiary/aromatic N) is 2. The van der Waals surface area contributed by atoms with E-state index in [1.165, 1.54) is 5.56 Å². The van der Waals surface area contributed by atoms with Crippen LogP contribution in [0.25, 0.3) is 0 Å². The second-order valence-corrected chi connectivity index (χ2v) is 8.58. The van der Waals surface area contributed by atoms with Crippen LogP contribution in [0.3, 0.4) is 0 Å². The number of fused-ring (bicyclic) bond motifs is 3. The Balaban J connectivity index is 1.79. The smallest absolute Gasteiger partial charge is 0.184 e. The van der Waals surface area contributed by atoms with Crippen LogP contribution >= 0.6 is 0 Å². The van der Waals surface area contributed by atoms with Crippen LogP contribution in [0.5, 0.6) is 5.75 Å². The SMILES string of the molecule is CC1=N[C@]2(N=C1N)c1cc(OCC(C)C)ccc1CC21CCC(O)CC1. The normalized spacial score (nSPS) is 32.9. The summed E-state index contributed by atoms with van der Waals surface area (Å²) in [5.74, 6) is 1.89. The van der Waals surface area contributed by atoms with Gasteiger partial charge in [0.1, 0.15) is 11.6 Å².